The predicted octanol–water partition coefficient (Wildman–Crippen LogP) is -5.99. The van der Waals surface area contributed by atoms with Gasteiger partial charge in [0.25, 0.3) is 11.9 Å². The fourth-order valence-electron chi connectivity index (χ4n) is 0. The minimum Gasteiger partial charge on any atom is -1.00 e. The molecule has 15 heavy (non-hydrogen) atoms. The van der Waals surface area contributed by atoms with Crippen LogP contribution in [0.15, 0.2) is 0 Å². The minimum atomic E-state index is -1.44. The average Bonchev–Trinajstić information content (AvgIpc) is 1.84. The predicted molar refractivity (Wildman–Crippen MR) is 42.1 cm³/mol. The van der Waals surface area contributed by atoms with Crippen LogP contribution in [0.4, 0.5) is 0 Å². The monoisotopic (exact) mass is 239 g/mol. The zero-order valence-electron chi connectivity index (χ0n) is 11.0. The van der Waals surface area contributed by atoms with Crippen LogP contribution in [0.2, 0.25) is 0 Å². The largest absolute Gasteiger partial charge is 1.00 e. The van der Waals surface area contributed by atoms with Crippen molar-refractivity contribution >= 4 is 17.9 Å². The molecule has 7 nitrogen and oxygen atoms in total. The molecule has 0 atom stereocenters. The van der Waals surface area contributed by atoms with Crippen molar-refractivity contribution in [2.75, 3.05) is 0 Å². The number of hydrogen-bond acceptors (Lipinski definition) is 4. The van der Waals surface area contributed by atoms with E-state index in [4.69, 9.17) is 35.0 Å². The van der Waals surface area contributed by atoms with E-state index in [1.807, 2.05) is 0 Å². The maximum Gasteiger partial charge on any atom is 1.00 e. The standard InChI is InChI=1S/C2HNO2.2C2H4O2.2Na.2H/c3-1-2(4)5;2*1-2(3)4;;;;/h(H,4,5);2*1H3,(H,3,4);;;;/q;;;2*+1;2*-1. The Hall–Kier alpha value is -0.100. The van der Waals surface area contributed by atoms with Gasteiger partial charge in [0, 0.05) is 13.8 Å². The van der Waals surface area contributed by atoms with Crippen molar-refractivity contribution in [3.63, 3.8) is 0 Å². The van der Waals surface area contributed by atoms with E-state index in [1.165, 1.54) is 0 Å². The molecule has 0 aromatic heterocycles. The normalized spacial score (nSPS) is 5.13. The first-order valence-electron chi connectivity index (χ1n) is 2.76. The smallest absolute Gasteiger partial charge is 1.00 e. The number of rotatable bonds is 0. The molecular formula is C6H11NNa2O6. The molecule has 0 fully saturated rings. The molecule has 0 spiro atoms. The van der Waals surface area contributed by atoms with Gasteiger partial charge in [0.15, 0.2) is 6.07 Å². The van der Waals surface area contributed by atoms with Crippen molar-refractivity contribution in [2.24, 2.45) is 0 Å². The van der Waals surface area contributed by atoms with Crippen LogP contribution in [0.1, 0.15) is 16.7 Å². The SMILES string of the molecule is CC(=O)O.CC(=O)O.N#CC(=O)O.[H-].[H-].[Na+].[Na+]. The molecule has 0 radical (unpaired) electrons. The molecule has 0 unspecified atom stereocenters. The number of nitrogens with zero attached hydrogens (tertiary/aromatic N) is 1. The average molecular weight is 239 g/mol. The van der Waals surface area contributed by atoms with Crippen molar-refractivity contribution in [1.29, 1.82) is 5.26 Å². The molecule has 0 aliphatic heterocycles. The van der Waals surface area contributed by atoms with Gasteiger partial charge in [-0.15, -0.1) is 0 Å². The Bertz CT molecular complexity index is 213. The molecule has 0 aliphatic rings. The Morgan fingerprint density at radius 2 is 1.07 bits per heavy atom. The van der Waals surface area contributed by atoms with E-state index in [-0.39, 0.29) is 62.0 Å². The van der Waals surface area contributed by atoms with Gasteiger partial charge in [-0.1, -0.05) is 0 Å². The first-order valence-corrected chi connectivity index (χ1v) is 2.76. The fraction of sp³-hybridized carbons (Fsp3) is 0.333. The number of aliphatic carboxylic acids is 3. The zero-order valence-corrected chi connectivity index (χ0v) is 13.0. The van der Waals surface area contributed by atoms with Gasteiger partial charge in [-0.2, -0.15) is 5.26 Å². The van der Waals surface area contributed by atoms with Crippen molar-refractivity contribution in [3.05, 3.63) is 0 Å². The van der Waals surface area contributed by atoms with Gasteiger partial charge in [-0.3, -0.25) is 9.59 Å². The van der Waals surface area contributed by atoms with Gasteiger partial charge < -0.3 is 18.2 Å². The number of carboxylic acids is 3. The van der Waals surface area contributed by atoms with Gasteiger partial charge in [0.1, 0.15) is 0 Å². The van der Waals surface area contributed by atoms with E-state index in [0.29, 0.717) is 0 Å². The number of hydrogen-bond donors (Lipinski definition) is 3. The van der Waals surface area contributed by atoms with E-state index in [9.17, 15) is 0 Å². The van der Waals surface area contributed by atoms with Crippen LogP contribution in [-0.4, -0.2) is 33.2 Å². The number of carboxylic acid groups (broad SMARTS) is 3. The van der Waals surface area contributed by atoms with Gasteiger partial charge >= 0.3 is 65.1 Å². The molecule has 0 bridgehead atoms. The summed E-state index contributed by atoms with van der Waals surface area (Å²) < 4.78 is 0. The molecule has 78 valence electrons. The Balaban J connectivity index is -0.0000000159. The van der Waals surface area contributed by atoms with Gasteiger partial charge in [0.05, 0.1) is 0 Å². The van der Waals surface area contributed by atoms with Crippen LogP contribution in [0.5, 0.6) is 0 Å². The van der Waals surface area contributed by atoms with E-state index in [2.05, 4.69) is 0 Å². The summed E-state index contributed by atoms with van der Waals surface area (Å²) in [6, 6.07) is 0.944. The molecule has 0 saturated heterocycles. The molecule has 0 aliphatic carbocycles. The molecule has 3 N–H and O–H groups in total. The molecule has 9 heteroatoms. The third kappa shape index (κ3) is 545. The summed E-state index contributed by atoms with van der Waals surface area (Å²) in [5, 5.41) is 29.5. The summed E-state index contributed by atoms with van der Waals surface area (Å²) >= 11 is 0. The van der Waals surface area contributed by atoms with Crippen molar-refractivity contribution in [2.45, 2.75) is 13.8 Å². The Labute approximate surface area is 134 Å². The molecular weight excluding hydrogens is 228 g/mol. The summed E-state index contributed by atoms with van der Waals surface area (Å²) in [6.45, 7) is 2.17. The fourth-order valence-corrected chi connectivity index (χ4v) is 0. The second kappa shape index (κ2) is 23.6. The van der Waals surface area contributed by atoms with Crippen LogP contribution in [0, 0.1) is 11.3 Å². The topological polar surface area (TPSA) is 136 Å². The van der Waals surface area contributed by atoms with E-state index in [0.717, 1.165) is 19.9 Å². The molecule has 0 saturated carbocycles. The maximum atomic E-state index is 9.01. The second-order valence-electron chi connectivity index (χ2n) is 1.45. The molecule has 0 aromatic rings. The van der Waals surface area contributed by atoms with Crippen LogP contribution in [0.25, 0.3) is 0 Å². The summed E-state index contributed by atoms with van der Waals surface area (Å²) in [5.41, 5.74) is 0. The second-order valence-corrected chi connectivity index (χ2v) is 1.45. The third-order valence-corrected chi connectivity index (χ3v) is 0.0956. The van der Waals surface area contributed by atoms with Gasteiger partial charge in [-0.05, 0) is 0 Å². The summed E-state index contributed by atoms with van der Waals surface area (Å²) in [6.07, 6.45) is 0. The van der Waals surface area contributed by atoms with Crippen molar-refractivity contribution in [1.82, 2.24) is 0 Å². The third-order valence-electron chi connectivity index (χ3n) is 0.0956. The molecule has 0 aromatic carbocycles. The Morgan fingerprint density at radius 3 is 1.07 bits per heavy atom. The van der Waals surface area contributed by atoms with E-state index in [1.54, 1.807) is 0 Å². The zero-order chi connectivity index (χ0) is 11.4. The summed E-state index contributed by atoms with van der Waals surface area (Å²) in [7, 11) is 0. The van der Waals surface area contributed by atoms with Gasteiger partial charge in [0.2, 0.25) is 0 Å². The van der Waals surface area contributed by atoms with Crippen LogP contribution in [0.3, 0.4) is 0 Å². The van der Waals surface area contributed by atoms with E-state index < -0.39 is 17.9 Å². The Kier molecular flexibility index (Phi) is 46.2. The van der Waals surface area contributed by atoms with E-state index >= 15 is 0 Å². The van der Waals surface area contributed by atoms with Crippen molar-refractivity contribution in [3.8, 4) is 6.07 Å². The molecule has 0 amide bonds. The summed E-state index contributed by atoms with van der Waals surface area (Å²) in [4.78, 5) is 27.0. The molecule has 0 rings (SSSR count). The van der Waals surface area contributed by atoms with Crippen LogP contribution >= 0.6 is 0 Å². The Morgan fingerprint density at radius 1 is 1.00 bits per heavy atom. The van der Waals surface area contributed by atoms with Gasteiger partial charge in [-0.25, -0.2) is 4.79 Å². The van der Waals surface area contributed by atoms with Crippen LogP contribution < -0.4 is 59.1 Å². The summed E-state index contributed by atoms with van der Waals surface area (Å²) in [5.74, 6) is -3.11. The quantitative estimate of drug-likeness (QED) is 0.217. The number of carbonyl (C=O) groups is 3. The minimum absolute atomic E-state index is 0. The number of nitriles is 1. The molecule has 0 heterocycles. The first kappa shape index (κ1) is 29.4. The van der Waals surface area contributed by atoms with Crippen molar-refractivity contribution < 1.29 is 91.7 Å². The van der Waals surface area contributed by atoms with Crippen LogP contribution in [-0.2, 0) is 14.4 Å². The first-order chi connectivity index (χ1) is 5.73. The maximum absolute atomic E-state index is 9.01.